The number of rotatable bonds is 0. The fourth-order valence-electron chi connectivity index (χ4n) is 0.266. The molecule has 6 heteroatoms. The summed E-state index contributed by atoms with van der Waals surface area (Å²) in [6, 6.07) is 0. The topological polar surface area (TPSA) is 49.7 Å². The Balaban J connectivity index is 0. The summed E-state index contributed by atoms with van der Waals surface area (Å²) in [5.74, 6) is 0. The molecule has 12 heavy (non-hydrogen) atoms. The molecule has 0 saturated heterocycles. The minimum absolute atomic E-state index is 1.14. The third-order valence-electron chi connectivity index (χ3n) is 0.532. The second-order valence-electron chi connectivity index (χ2n) is 2.19. The van der Waals surface area contributed by atoms with Crippen LogP contribution in [0.3, 0.4) is 0 Å². The fourth-order valence-corrected chi connectivity index (χ4v) is 1.30. The van der Waals surface area contributed by atoms with E-state index in [0.29, 0.717) is 0 Å². The van der Waals surface area contributed by atoms with Gasteiger partial charge in [-0.25, -0.2) is 0 Å². The van der Waals surface area contributed by atoms with E-state index in [1.54, 1.807) is 23.5 Å². The van der Waals surface area contributed by atoms with Crippen molar-refractivity contribution in [3.63, 3.8) is 0 Å². The minimum Gasteiger partial charge on any atom is -0.345 e. The Morgan fingerprint density at radius 2 is 1.58 bits per heavy atom. The van der Waals surface area contributed by atoms with Crippen LogP contribution in [0.4, 0.5) is 0 Å². The van der Waals surface area contributed by atoms with Crippen molar-refractivity contribution < 1.29 is 9.46 Å². The molecule has 0 heterocycles. The first-order chi connectivity index (χ1) is 5.35. The highest BCUT2D eigenvalue weighted by Gasteiger charge is 1.92. The molecule has 0 aliphatic heterocycles. The summed E-state index contributed by atoms with van der Waals surface area (Å²) in [7, 11) is -0.831. The van der Waals surface area contributed by atoms with E-state index < -0.39 is 7.37 Å². The van der Waals surface area contributed by atoms with E-state index in [0.717, 1.165) is 4.38 Å². The SMILES string of the molecule is CN=C(SC)SC.CP(C)(=O)O. The van der Waals surface area contributed by atoms with E-state index in [1.807, 2.05) is 19.6 Å². The molecule has 0 amide bonds. The maximum Gasteiger partial charge on any atom is 0.194 e. The summed E-state index contributed by atoms with van der Waals surface area (Å²) >= 11 is 3.37. The van der Waals surface area contributed by atoms with Gasteiger partial charge in [-0.3, -0.25) is 9.56 Å². The summed E-state index contributed by atoms with van der Waals surface area (Å²) in [6.45, 7) is 2.60. The molecule has 0 aromatic rings. The molecule has 74 valence electrons. The summed E-state index contributed by atoms with van der Waals surface area (Å²) in [6.07, 6.45) is 4.05. The van der Waals surface area contributed by atoms with Gasteiger partial charge in [-0.05, 0) is 12.5 Å². The first-order valence-corrected chi connectivity index (χ1v) is 8.18. The Morgan fingerprint density at radius 1 is 1.33 bits per heavy atom. The number of aliphatic imine (C=N–C) groups is 1. The Morgan fingerprint density at radius 3 is 1.58 bits per heavy atom. The lowest BCUT2D eigenvalue weighted by Crippen LogP contribution is -1.77. The largest absolute Gasteiger partial charge is 0.345 e. The van der Waals surface area contributed by atoms with Gasteiger partial charge in [0.05, 0.1) is 0 Å². The molecule has 0 aliphatic rings. The standard InChI is InChI=1S/C4H9NS2.C2H7O2P/c1-5-4(6-2)7-3;1-5(2,3)4/h1-3H3;1-2H3,(H,3,4). The molecule has 0 spiro atoms. The van der Waals surface area contributed by atoms with Gasteiger partial charge in [0.1, 0.15) is 4.38 Å². The van der Waals surface area contributed by atoms with E-state index in [-0.39, 0.29) is 0 Å². The van der Waals surface area contributed by atoms with Gasteiger partial charge in [0, 0.05) is 20.4 Å². The van der Waals surface area contributed by atoms with Crippen molar-refractivity contribution in [2.75, 3.05) is 32.9 Å². The molecule has 0 rings (SSSR count). The van der Waals surface area contributed by atoms with Gasteiger partial charge in [0.25, 0.3) is 0 Å². The van der Waals surface area contributed by atoms with E-state index in [1.165, 1.54) is 13.3 Å². The van der Waals surface area contributed by atoms with Gasteiger partial charge >= 0.3 is 0 Å². The second kappa shape index (κ2) is 8.17. The average Bonchev–Trinajstić information content (AvgIpc) is 1.88. The lowest BCUT2D eigenvalue weighted by Gasteiger charge is -1.90. The molecule has 0 aromatic heterocycles. The van der Waals surface area contributed by atoms with Crippen molar-refractivity contribution in [1.82, 2.24) is 0 Å². The van der Waals surface area contributed by atoms with Crippen LogP contribution in [-0.4, -0.2) is 42.2 Å². The van der Waals surface area contributed by atoms with Crippen molar-refractivity contribution >= 4 is 35.3 Å². The van der Waals surface area contributed by atoms with Crippen LogP contribution in [-0.2, 0) is 4.57 Å². The second-order valence-corrected chi connectivity index (χ2v) is 6.63. The molecule has 0 atom stereocenters. The van der Waals surface area contributed by atoms with Crippen LogP contribution < -0.4 is 0 Å². The maximum absolute atomic E-state index is 9.77. The molecule has 0 radical (unpaired) electrons. The van der Waals surface area contributed by atoms with Crippen LogP contribution >= 0.6 is 30.9 Å². The molecule has 0 fully saturated rings. The van der Waals surface area contributed by atoms with E-state index >= 15 is 0 Å². The average molecular weight is 229 g/mol. The number of hydrogen-bond donors (Lipinski definition) is 1. The van der Waals surface area contributed by atoms with Crippen molar-refractivity contribution in [3.05, 3.63) is 0 Å². The van der Waals surface area contributed by atoms with Gasteiger partial charge in [0.2, 0.25) is 0 Å². The van der Waals surface area contributed by atoms with Gasteiger partial charge < -0.3 is 4.89 Å². The zero-order valence-corrected chi connectivity index (χ0v) is 10.6. The normalized spacial score (nSPS) is 9.83. The molecular weight excluding hydrogens is 213 g/mol. The number of nitrogens with zero attached hydrogens (tertiary/aromatic N) is 1. The van der Waals surface area contributed by atoms with Gasteiger partial charge in [-0.1, -0.05) is 0 Å². The molecule has 1 N–H and O–H groups in total. The molecule has 3 nitrogen and oxygen atoms in total. The van der Waals surface area contributed by atoms with E-state index in [2.05, 4.69) is 4.99 Å². The Hall–Kier alpha value is 0.560. The monoisotopic (exact) mass is 229 g/mol. The number of thioether (sulfide) groups is 2. The maximum atomic E-state index is 9.77. The van der Waals surface area contributed by atoms with Crippen LogP contribution in [0.5, 0.6) is 0 Å². The number of hydrogen-bond acceptors (Lipinski definition) is 4. The van der Waals surface area contributed by atoms with Gasteiger partial charge in [-0.15, -0.1) is 23.5 Å². The first kappa shape index (κ1) is 15.1. The molecule has 0 aromatic carbocycles. The summed E-state index contributed by atoms with van der Waals surface area (Å²) in [5, 5.41) is 0. The van der Waals surface area contributed by atoms with Crippen LogP contribution in [0.2, 0.25) is 0 Å². The van der Waals surface area contributed by atoms with Crippen LogP contribution in [0.1, 0.15) is 0 Å². The Labute approximate surface area is 82.9 Å². The summed E-state index contributed by atoms with van der Waals surface area (Å²) in [5.41, 5.74) is 0. The molecule has 0 aliphatic carbocycles. The third kappa shape index (κ3) is 22.4. The third-order valence-corrected chi connectivity index (χ3v) is 2.60. The Kier molecular flexibility index (Phi) is 10.2. The minimum atomic E-state index is -2.64. The Bertz CT molecular complexity index is 164. The van der Waals surface area contributed by atoms with Crippen molar-refractivity contribution in [3.8, 4) is 0 Å². The highest BCUT2D eigenvalue weighted by molar-refractivity contribution is 8.38. The van der Waals surface area contributed by atoms with Crippen molar-refractivity contribution in [2.24, 2.45) is 4.99 Å². The van der Waals surface area contributed by atoms with Crippen molar-refractivity contribution in [1.29, 1.82) is 0 Å². The smallest absolute Gasteiger partial charge is 0.194 e. The molecular formula is C6H16NO2PS2. The lowest BCUT2D eigenvalue weighted by atomic mass is 11.4. The molecule has 0 saturated carbocycles. The lowest BCUT2D eigenvalue weighted by molar-refractivity contribution is 0.492. The fraction of sp³-hybridized carbons (Fsp3) is 0.833. The highest BCUT2D eigenvalue weighted by Crippen LogP contribution is 2.27. The molecule has 0 bridgehead atoms. The zero-order valence-electron chi connectivity index (χ0n) is 8.07. The predicted molar refractivity (Wildman–Crippen MR) is 62.1 cm³/mol. The van der Waals surface area contributed by atoms with Crippen LogP contribution in [0, 0.1) is 0 Å². The van der Waals surface area contributed by atoms with E-state index in [9.17, 15) is 4.57 Å². The highest BCUT2D eigenvalue weighted by atomic mass is 32.2. The zero-order chi connectivity index (χ0) is 10.2. The van der Waals surface area contributed by atoms with E-state index in [4.69, 9.17) is 4.89 Å². The predicted octanol–water partition coefficient (Wildman–Crippen LogP) is 2.21. The van der Waals surface area contributed by atoms with Crippen LogP contribution in [0.15, 0.2) is 4.99 Å². The quantitative estimate of drug-likeness (QED) is 0.393. The van der Waals surface area contributed by atoms with Crippen molar-refractivity contribution in [2.45, 2.75) is 0 Å². The van der Waals surface area contributed by atoms with Gasteiger partial charge in [-0.2, -0.15) is 0 Å². The summed E-state index contributed by atoms with van der Waals surface area (Å²) in [4.78, 5) is 12.0. The summed E-state index contributed by atoms with van der Waals surface area (Å²) < 4.78 is 10.9. The van der Waals surface area contributed by atoms with Crippen LogP contribution in [0.25, 0.3) is 0 Å². The van der Waals surface area contributed by atoms with Gasteiger partial charge in [0.15, 0.2) is 7.37 Å². The molecule has 0 unspecified atom stereocenters. The first-order valence-electron chi connectivity index (χ1n) is 3.17.